The summed E-state index contributed by atoms with van der Waals surface area (Å²) in [6.07, 6.45) is 7.36. The molecule has 2 unspecified atom stereocenters. The molecule has 0 aliphatic heterocycles. The SMILES string of the molecule is CC(CCCCOCCCCC(C)c1ccccc1)c1ccccc1. The summed E-state index contributed by atoms with van der Waals surface area (Å²) in [5.74, 6) is 1.31. The van der Waals surface area contributed by atoms with Crippen molar-refractivity contribution < 1.29 is 4.74 Å². The molecule has 0 aromatic heterocycles. The van der Waals surface area contributed by atoms with Crippen LogP contribution in [-0.2, 0) is 4.74 Å². The zero-order valence-corrected chi connectivity index (χ0v) is 16.0. The highest BCUT2D eigenvalue weighted by Crippen LogP contribution is 2.22. The molecule has 1 heteroatoms. The van der Waals surface area contributed by atoms with Gasteiger partial charge in [0.15, 0.2) is 0 Å². The predicted octanol–water partition coefficient (Wildman–Crippen LogP) is 6.95. The number of benzene rings is 2. The van der Waals surface area contributed by atoms with Crippen molar-refractivity contribution in [2.24, 2.45) is 0 Å². The smallest absolute Gasteiger partial charge is 0.0466 e. The molecule has 0 saturated heterocycles. The molecule has 1 nitrogen and oxygen atoms in total. The van der Waals surface area contributed by atoms with Gasteiger partial charge < -0.3 is 4.74 Å². The summed E-state index contributed by atoms with van der Waals surface area (Å²) in [5, 5.41) is 0. The fourth-order valence-corrected chi connectivity index (χ4v) is 3.31. The number of hydrogen-bond acceptors (Lipinski definition) is 1. The van der Waals surface area contributed by atoms with E-state index in [0.717, 1.165) is 13.2 Å². The van der Waals surface area contributed by atoms with Crippen LogP contribution < -0.4 is 0 Å². The third-order valence-electron chi connectivity index (χ3n) is 5.09. The zero-order valence-electron chi connectivity index (χ0n) is 16.0. The monoisotopic (exact) mass is 338 g/mol. The Kier molecular flexibility index (Phi) is 9.36. The minimum Gasteiger partial charge on any atom is -0.381 e. The molecule has 0 aliphatic rings. The summed E-state index contributed by atoms with van der Waals surface area (Å²) in [5.41, 5.74) is 2.91. The molecule has 0 N–H and O–H groups in total. The van der Waals surface area contributed by atoms with Crippen LogP contribution in [0.1, 0.15) is 75.3 Å². The number of unbranched alkanes of at least 4 members (excludes halogenated alkanes) is 2. The molecule has 25 heavy (non-hydrogen) atoms. The van der Waals surface area contributed by atoms with Crippen molar-refractivity contribution in [2.75, 3.05) is 13.2 Å². The first-order chi connectivity index (χ1) is 12.3. The molecule has 0 spiro atoms. The quantitative estimate of drug-likeness (QED) is 0.380. The Morgan fingerprint density at radius 3 is 1.40 bits per heavy atom. The molecular formula is C24H34O. The molecule has 136 valence electrons. The normalized spacial score (nSPS) is 13.5. The van der Waals surface area contributed by atoms with Gasteiger partial charge in [0.25, 0.3) is 0 Å². The maximum Gasteiger partial charge on any atom is 0.0466 e. The van der Waals surface area contributed by atoms with Crippen molar-refractivity contribution in [3.63, 3.8) is 0 Å². The van der Waals surface area contributed by atoms with E-state index >= 15 is 0 Å². The summed E-state index contributed by atoms with van der Waals surface area (Å²) >= 11 is 0. The second kappa shape index (κ2) is 11.9. The number of ether oxygens (including phenoxy) is 1. The Balaban J connectivity index is 1.43. The summed E-state index contributed by atoms with van der Waals surface area (Å²) in [6, 6.07) is 21.6. The predicted molar refractivity (Wildman–Crippen MR) is 108 cm³/mol. The maximum absolute atomic E-state index is 5.81. The second-order valence-corrected chi connectivity index (χ2v) is 7.23. The van der Waals surface area contributed by atoms with E-state index in [0.29, 0.717) is 11.8 Å². The van der Waals surface area contributed by atoms with E-state index in [1.54, 1.807) is 0 Å². The van der Waals surface area contributed by atoms with Crippen molar-refractivity contribution in [1.82, 2.24) is 0 Å². The highest BCUT2D eigenvalue weighted by atomic mass is 16.5. The van der Waals surface area contributed by atoms with E-state index in [1.165, 1.54) is 49.7 Å². The van der Waals surface area contributed by atoms with Crippen LogP contribution in [0.3, 0.4) is 0 Å². The van der Waals surface area contributed by atoms with Gasteiger partial charge in [0, 0.05) is 13.2 Å². The van der Waals surface area contributed by atoms with Crippen LogP contribution in [-0.4, -0.2) is 13.2 Å². The fourth-order valence-electron chi connectivity index (χ4n) is 3.31. The summed E-state index contributed by atoms with van der Waals surface area (Å²) < 4.78 is 5.81. The van der Waals surface area contributed by atoms with Gasteiger partial charge in [-0.05, 0) is 48.6 Å². The lowest BCUT2D eigenvalue weighted by Gasteiger charge is -2.12. The lowest BCUT2D eigenvalue weighted by Crippen LogP contribution is -2.00. The molecule has 0 fully saturated rings. The first-order valence-corrected chi connectivity index (χ1v) is 9.95. The van der Waals surface area contributed by atoms with Crippen LogP contribution in [0.5, 0.6) is 0 Å². The molecule has 0 heterocycles. The summed E-state index contributed by atoms with van der Waals surface area (Å²) in [4.78, 5) is 0. The van der Waals surface area contributed by atoms with Crippen molar-refractivity contribution in [1.29, 1.82) is 0 Å². The van der Waals surface area contributed by atoms with Gasteiger partial charge in [0.2, 0.25) is 0 Å². The van der Waals surface area contributed by atoms with Crippen LogP contribution in [0.25, 0.3) is 0 Å². The number of rotatable bonds is 12. The standard InChI is InChI=1S/C24H34O/c1-21(23-15-5-3-6-16-23)13-9-11-19-25-20-12-10-14-22(2)24-17-7-4-8-18-24/h3-8,15-18,21-22H,9-14,19-20H2,1-2H3. The number of hydrogen-bond donors (Lipinski definition) is 0. The van der Waals surface area contributed by atoms with E-state index in [-0.39, 0.29) is 0 Å². The average molecular weight is 339 g/mol. The third kappa shape index (κ3) is 7.88. The van der Waals surface area contributed by atoms with Gasteiger partial charge in [-0.3, -0.25) is 0 Å². The Labute approximate surface area is 154 Å². The molecule has 2 aromatic rings. The van der Waals surface area contributed by atoms with Gasteiger partial charge in [-0.15, -0.1) is 0 Å². The Morgan fingerprint density at radius 1 is 0.600 bits per heavy atom. The van der Waals surface area contributed by atoms with E-state index < -0.39 is 0 Å². The summed E-state index contributed by atoms with van der Waals surface area (Å²) in [7, 11) is 0. The fraction of sp³-hybridized carbons (Fsp3) is 0.500. The highest BCUT2D eigenvalue weighted by Gasteiger charge is 2.05. The lowest BCUT2D eigenvalue weighted by atomic mass is 9.95. The van der Waals surface area contributed by atoms with Gasteiger partial charge in [0.05, 0.1) is 0 Å². The Morgan fingerprint density at radius 2 is 1.00 bits per heavy atom. The molecule has 0 amide bonds. The van der Waals surface area contributed by atoms with Crippen molar-refractivity contribution in [2.45, 2.75) is 64.2 Å². The largest absolute Gasteiger partial charge is 0.381 e. The van der Waals surface area contributed by atoms with Crippen molar-refractivity contribution in [3.05, 3.63) is 71.8 Å². The zero-order chi connectivity index (χ0) is 17.7. The molecule has 2 rings (SSSR count). The van der Waals surface area contributed by atoms with E-state index in [1.807, 2.05) is 0 Å². The molecule has 0 aliphatic carbocycles. The average Bonchev–Trinajstić information content (AvgIpc) is 2.67. The minimum atomic E-state index is 0.653. The molecule has 2 atom stereocenters. The van der Waals surface area contributed by atoms with Gasteiger partial charge in [0.1, 0.15) is 0 Å². The Bertz CT molecular complexity index is 497. The Hall–Kier alpha value is -1.60. The minimum absolute atomic E-state index is 0.653. The first kappa shape index (κ1) is 19.7. The molecular weight excluding hydrogens is 304 g/mol. The molecule has 0 bridgehead atoms. The van der Waals surface area contributed by atoms with Crippen LogP contribution in [0.4, 0.5) is 0 Å². The van der Waals surface area contributed by atoms with Crippen LogP contribution >= 0.6 is 0 Å². The molecule has 0 radical (unpaired) electrons. The van der Waals surface area contributed by atoms with Crippen molar-refractivity contribution >= 4 is 0 Å². The van der Waals surface area contributed by atoms with Gasteiger partial charge >= 0.3 is 0 Å². The van der Waals surface area contributed by atoms with Crippen LogP contribution in [0, 0.1) is 0 Å². The van der Waals surface area contributed by atoms with Crippen LogP contribution in [0.15, 0.2) is 60.7 Å². The van der Waals surface area contributed by atoms with Gasteiger partial charge in [-0.2, -0.15) is 0 Å². The van der Waals surface area contributed by atoms with Crippen LogP contribution in [0.2, 0.25) is 0 Å². The molecule has 0 saturated carbocycles. The maximum atomic E-state index is 5.81. The topological polar surface area (TPSA) is 9.23 Å². The van der Waals surface area contributed by atoms with Crippen molar-refractivity contribution in [3.8, 4) is 0 Å². The molecule has 2 aromatic carbocycles. The van der Waals surface area contributed by atoms with E-state index in [4.69, 9.17) is 4.74 Å². The van der Waals surface area contributed by atoms with E-state index in [9.17, 15) is 0 Å². The lowest BCUT2D eigenvalue weighted by molar-refractivity contribution is 0.125. The summed E-state index contributed by atoms with van der Waals surface area (Å²) in [6.45, 7) is 6.47. The van der Waals surface area contributed by atoms with Gasteiger partial charge in [-0.1, -0.05) is 87.4 Å². The first-order valence-electron chi connectivity index (χ1n) is 9.95. The highest BCUT2D eigenvalue weighted by molar-refractivity contribution is 5.19. The third-order valence-corrected chi connectivity index (χ3v) is 5.09. The second-order valence-electron chi connectivity index (χ2n) is 7.23. The van der Waals surface area contributed by atoms with E-state index in [2.05, 4.69) is 74.5 Å². The van der Waals surface area contributed by atoms with Gasteiger partial charge in [-0.25, -0.2) is 0 Å².